The van der Waals surface area contributed by atoms with Gasteiger partial charge in [0.1, 0.15) is 0 Å². The summed E-state index contributed by atoms with van der Waals surface area (Å²) in [5.41, 5.74) is 7.83. The summed E-state index contributed by atoms with van der Waals surface area (Å²) < 4.78 is 5.21. The van der Waals surface area contributed by atoms with E-state index in [-0.39, 0.29) is 0 Å². The van der Waals surface area contributed by atoms with Gasteiger partial charge in [-0.2, -0.15) is 4.98 Å². The molecule has 5 nitrogen and oxygen atoms in total. The van der Waals surface area contributed by atoms with E-state index in [1.165, 1.54) is 6.20 Å². The number of aromatic nitrogens is 3. The number of hydrogen-bond acceptors (Lipinski definition) is 5. The summed E-state index contributed by atoms with van der Waals surface area (Å²) >= 11 is 6.03. The lowest BCUT2D eigenvalue weighted by Gasteiger charge is -1.98. The third-order valence-corrected chi connectivity index (χ3v) is 2.93. The second-order valence-corrected chi connectivity index (χ2v) is 4.27. The molecule has 3 rings (SSSR count). The second-order valence-electron chi connectivity index (χ2n) is 3.87. The van der Waals surface area contributed by atoms with Crippen LogP contribution in [0, 0.1) is 0 Å². The normalized spacial score (nSPS) is 10.6. The van der Waals surface area contributed by atoms with E-state index >= 15 is 0 Å². The number of anilines is 1. The molecule has 3 aromatic rings. The highest BCUT2D eigenvalue weighted by molar-refractivity contribution is 6.33. The third kappa shape index (κ3) is 2.15. The Bertz CT molecular complexity index is 666. The van der Waals surface area contributed by atoms with Crippen LogP contribution in [0.15, 0.2) is 47.2 Å². The Morgan fingerprint density at radius 3 is 2.74 bits per heavy atom. The van der Waals surface area contributed by atoms with E-state index in [9.17, 15) is 0 Å². The van der Waals surface area contributed by atoms with E-state index in [1.54, 1.807) is 18.3 Å². The zero-order valence-electron chi connectivity index (χ0n) is 9.75. The summed E-state index contributed by atoms with van der Waals surface area (Å²) in [5.74, 6) is 0.770. The molecule has 0 amide bonds. The lowest BCUT2D eigenvalue weighted by atomic mass is 10.2. The van der Waals surface area contributed by atoms with Crippen molar-refractivity contribution in [1.29, 1.82) is 0 Å². The molecule has 0 atom stereocenters. The maximum atomic E-state index is 6.03. The molecule has 94 valence electrons. The first-order valence-corrected chi connectivity index (χ1v) is 5.92. The minimum absolute atomic E-state index is 0.339. The van der Waals surface area contributed by atoms with Gasteiger partial charge >= 0.3 is 0 Å². The highest BCUT2D eigenvalue weighted by Gasteiger charge is 2.14. The Labute approximate surface area is 114 Å². The summed E-state index contributed by atoms with van der Waals surface area (Å²) in [4.78, 5) is 8.21. The van der Waals surface area contributed by atoms with Crippen LogP contribution >= 0.6 is 11.6 Å². The van der Waals surface area contributed by atoms with Crippen molar-refractivity contribution in [1.82, 2.24) is 15.1 Å². The van der Waals surface area contributed by atoms with Gasteiger partial charge in [-0.15, -0.1) is 0 Å². The number of hydrogen-bond donors (Lipinski definition) is 1. The lowest BCUT2D eigenvalue weighted by molar-refractivity contribution is 0.432. The average molecular weight is 273 g/mol. The molecule has 2 heterocycles. The molecule has 6 heteroatoms. The predicted molar refractivity (Wildman–Crippen MR) is 72.4 cm³/mol. The van der Waals surface area contributed by atoms with Crippen molar-refractivity contribution in [3.05, 3.63) is 47.7 Å². The van der Waals surface area contributed by atoms with Gasteiger partial charge in [0, 0.05) is 23.6 Å². The quantitative estimate of drug-likeness (QED) is 0.726. The highest BCUT2D eigenvalue weighted by Crippen LogP contribution is 2.29. The van der Waals surface area contributed by atoms with Crippen molar-refractivity contribution in [2.75, 3.05) is 5.73 Å². The van der Waals surface area contributed by atoms with Crippen molar-refractivity contribution in [3.63, 3.8) is 0 Å². The van der Waals surface area contributed by atoms with Crippen molar-refractivity contribution in [2.45, 2.75) is 0 Å². The van der Waals surface area contributed by atoms with Crippen LogP contribution in [0.5, 0.6) is 0 Å². The van der Waals surface area contributed by atoms with E-state index in [4.69, 9.17) is 21.9 Å². The molecular formula is C13H9ClN4O. The molecule has 0 aliphatic heterocycles. The monoisotopic (exact) mass is 272 g/mol. The zero-order chi connectivity index (χ0) is 13.2. The molecule has 1 aromatic carbocycles. The van der Waals surface area contributed by atoms with Crippen molar-refractivity contribution >= 4 is 17.3 Å². The van der Waals surface area contributed by atoms with Crippen LogP contribution < -0.4 is 5.73 Å². The van der Waals surface area contributed by atoms with Gasteiger partial charge in [0.15, 0.2) is 0 Å². The molecule has 0 aliphatic rings. The number of rotatable bonds is 2. The van der Waals surface area contributed by atoms with Crippen molar-refractivity contribution < 1.29 is 4.52 Å². The zero-order valence-corrected chi connectivity index (χ0v) is 10.5. The number of nitrogens with zero attached hydrogens (tertiary/aromatic N) is 3. The van der Waals surface area contributed by atoms with Gasteiger partial charge in [-0.25, -0.2) is 0 Å². The molecule has 0 fully saturated rings. The molecule has 0 saturated carbocycles. The fraction of sp³-hybridized carbons (Fsp3) is 0. The minimum atomic E-state index is 0.339. The number of benzene rings is 1. The van der Waals surface area contributed by atoms with Crippen LogP contribution in [-0.2, 0) is 0 Å². The van der Waals surface area contributed by atoms with Crippen LogP contribution in [0.2, 0.25) is 5.02 Å². The molecule has 0 radical (unpaired) electrons. The Hall–Kier alpha value is -2.40. The molecule has 0 bridgehead atoms. The number of nitrogens with two attached hydrogens (primary N) is 1. The lowest BCUT2D eigenvalue weighted by Crippen LogP contribution is -1.90. The summed E-state index contributed by atoms with van der Waals surface area (Å²) in [6, 6.07) is 9.04. The number of nitrogen functional groups attached to an aromatic ring is 1. The maximum Gasteiger partial charge on any atom is 0.259 e. The minimum Gasteiger partial charge on any atom is -0.398 e. The maximum absolute atomic E-state index is 6.03. The number of para-hydroxylation sites is 1. The number of halogens is 1. The van der Waals surface area contributed by atoms with Gasteiger partial charge in [0.25, 0.3) is 5.89 Å². The van der Waals surface area contributed by atoms with Gasteiger partial charge < -0.3 is 10.3 Å². The fourth-order valence-electron chi connectivity index (χ4n) is 1.69. The summed E-state index contributed by atoms with van der Waals surface area (Å²) in [5, 5.41) is 4.38. The third-order valence-electron chi connectivity index (χ3n) is 2.63. The molecule has 2 N–H and O–H groups in total. The van der Waals surface area contributed by atoms with E-state index in [1.807, 2.05) is 18.2 Å². The van der Waals surface area contributed by atoms with E-state index in [2.05, 4.69) is 15.1 Å². The van der Waals surface area contributed by atoms with Crippen LogP contribution in [0.3, 0.4) is 0 Å². The largest absolute Gasteiger partial charge is 0.398 e. The topological polar surface area (TPSA) is 77.8 Å². The predicted octanol–water partition coefficient (Wildman–Crippen LogP) is 3.03. The molecule has 0 aliphatic carbocycles. The van der Waals surface area contributed by atoms with Crippen LogP contribution in [0.4, 0.5) is 5.69 Å². The molecular weight excluding hydrogens is 264 g/mol. The SMILES string of the molecule is Nc1ccccc1-c1noc(-c2ccncc2Cl)n1. The van der Waals surface area contributed by atoms with E-state index < -0.39 is 0 Å². The first-order chi connectivity index (χ1) is 9.25. The summed E-state index contributed by atoms with van der Waals surface area (Å²) in [6.45, 7) is 0. The fourth-order valence-corrected chi connectivity index (χ4v) is 1.89. The first-order valence-electron chi connectivity index (χ1n) is 5.54. The Morgan fingerprint density at radius 2 is 1.95 bits per heavy atom. The second kappa shape index (κ2) is 4.70. The molecule has 2 aromatic heterocycles. The van der Waals surface area contributed by atoms with Crippen LogP contribution in [0.25, 0.3) is 22.8 Å². The van der Waals surface area contributed by atoms with Crippen LogP contribution in [-0.4, -0.2) is 15.1 Å². The standard InChI is InChI=1S/C13H9ClN4O/c14-10-7-16-6-5-8(10)13-17-12(18-19-13)9-3-1-2-4-11(9)15/h1-7H,15H2. The van der Waals surface area contributed by atoms with Gasteiger partial charge in [0.05, 0.1) is 10.6 Å². The van der Waals surface area contributed by atoms with Gasteiger partial charge in [-0.05, 0) is 18.2 Å². The Morgan fingerprint density at radius 1 is 1.11 bits per heavy atom. The molecule has 19 heavy (non-hydrogen) atoms. The smallest absolute Gasteiger partial charge is 0.259 e. The molecule has 0 saturated heterocycles. The highest BCUT2D eigenvalue weighted by atomic mass is 35.5. The van der Waals surface area contributed by atoms with Crippen molar-refractivity contribution in [2.24, 2.45) is 0 Å². The van der Waals surface area contributed by atoms with E-state index in [0.717, 1.165) is 5.56 Å². The first kappa shape index (κ1) is 11.7. The Kier molecular flexibility index (Phi) is 2.89. The molecule has 0 spiro atoms. The van der Waals surface area contributed by atoms with Crippen molar-refractivity contribution in [3.8, 4) is 22.8 Å². The molecule has 0 unspecified atom stereocenters. The van der Waals surface area contributed by atoms with Gasteiger partial charge in [-0.3, -0.25) is 4.98 Å². The van der Waals surface area contributed by atoms with Gasteiger partial charge in [0.2, 0.25) is 5.82 Å². The van der Waals surface area contributed by atoms with E-state index in [0.29, 0.717) is 28.0 Å². The van der Waals surface area contributed by atoms with Gasteiger partial charge in [-0.1, -0.05) is 28.9 Å². The Balaban J connectivity index is 2.06. The summed E-state index contributed by atoms with van der Waals surface area (Å²) in [6.07, 6.45) is 3.14. The van der Waals surface area contributed by atoms with Crippen LogP contribution in [0.1, 0.15) is 0 Å². The average Bonchev–Trinajstić information content (AvgIpc) is 2.89. The number of pyridine rings is 1. The summed E-state index contributed by atoms with van der Waals surface area (Å²) in [7, 11) is 0.